The molecule has 0 unspecified atom stereocenters. The van der Waals surface area contributed by atoms with Crippen LogP contribution < -0.4 is 10.2 Å². The summed E-state index contributed by atoms with van der Waals surface area (Å²) in [6, 6.07) is 0.158. The molecule has 1 N–H and O–H groups in total. The molecule has 21 heavy (non-hydrogen) atoms. The SMILES string of the molecule is CCn1c(SCC(=O)NC(C)C)nnc1N1CCOCC1. The molecule has 1 aromatic rings. The number of amides is 1. The first kappa shape index (κ1) is 16.1. The Kier molecular flexibility index (Phi) is 5.86. The first-order valence-electron chi connectivity index (χ1n) is 7.30. The number of hydrogen-bond acceptors (Lipinski definition) is 6. The van der Waals surface area contributed by atoms with Gasteiger partial charge in [0.25, 0.3) is 0 Å². The van der Waals surface area contributed by atoms with Gasteiger partial charge in [0.15, 0.2) is 5.16 Å². The molecule has 7 nitrogen and oxygen atoms in total. The number of hydrogen-bond donors (Lipinski definition) is 1. The van der Waals surface area contributed by atoms with Crippen LogP contribution in [0.4, 0.5) is 5.95 Å². The first-order valence-corrected chi connectivity index (χ1v) is 8.28. The van der Waals surface area contributed by atoms with Gasteiger partial charge >= 0.3 is 0 Å². The number of rotatable bonds is 6. The van der Waals surface area contributed by atoms with E-state index in [1.807, 2.05) is 13.8 Å². The van der Waals surface area contributed by atoms with Gasteiger partial charge in [0, 0.05) is 25.7 Å². The van der Waals surface area contributed by atoms with Crippen LogP contribution in [0, 0.1) is 0 Å². The molecule has 1 fully saturated rings. The predicted molar refractivity (Wildman–Crippen MR) is 82.7 cm³/mol. The molecule has 0 spiro atoms. The summed E-state index contributed by atoms with van der Waals surface area (Å²) in [6.07, 6.45) is 0. The summed E-state index contributed by atoms with van der Waals surface area (Å²) in [5.74, 6) is 1.25. The van der Waals surface area contributed by atoms with Crippen molar-refractivity contribution < 1.29 is 9.53 Å². The molecule has 0 saturated carbocycles. The van der Waals surface area contributed by atoms with E-state index in [0.29, 0.717) is 5.75 Å². The molecule has 1 amide bonds. The molecule has 1 saturated heterocycles. The number of nitrogens with zero attached hydrogens (tertiary/aromatic N) is 4. The molecular formula is C13H23N5O2S. The van der Waals surface area contributed by atoms with Crippen molar-refractivity contribution in [3.8, 4) is 0 Å². The van der Waals surface area contributed by atoms with E-state index in [4.69, 9.17) is 4.74 Å². The van der Waals surface area contributed by atoms with Crippen molar-refractivity contribution in [1.29, 1.82) is 0 Å². The Morgan fingerprint density at radius 1 is 1.38 bits per heavy atom. The summed E-state index contributed by atoms with van der Waals surface area (Å²) in [6.45, 7) is 9.85. The Morgan fingerprint density at radius 3 is 2.71 bits per heavy atom. The maximum Gasteiger partial charge on any atom is 0.230 e. The third kappa shape index (κ3) is 4.34. The van der Waals surface area contributed by atoms with Crippen molar-refractivity contribution in [2.75, 3.05) is 37.0 Å². The lowest BCUT2D eigenvalue weighted by Gasteiger charge is -2.27. The van der Waals surface area contributed by atoms with E-state index in [9.17, 15) is 4.79 Å². The zero-order valence-electron chi connectivity index (χ0n) is 12.8. The fourth-order valence-corrected chi connectivity index (χ4v) is 2.96. The van der Waals surface area contributed by atoms with Crippen molar-refractivity contribution in [2.24, 2.45) is 0 Å². The van der Waals surface area contributed by atoms with Gasteiger partial charge < -0.3 is 15.0 Å². The number of thioether (sulfide) groups is 1. The van der Waals surface area contributed by atoms with Crippen LogP contribution in [0.15, 0.2) is 5.16 Å². The lowest BCUT2D eigenvalue weighted by atomic mass is 10.4. The molecule has 2 rings (SSSR count). The van der Waals surface area contributed by atoms with Crippen LogP contribution >= 0.6 is 11.8 Å². The smallest absolute Gasteiger partial charge is 0.230 e. The molecule has 1 aromatic heterocycles. The second-order valence-corrected chi connectivity index (χ2v) is 6.08. The standard InChI is InChI=1S/C13H23N5O2S/c1-4-18-12(17-5-7-20-8-6-17)15-16-13(18)21-9-11(19)14-10(2)3/h10H,4-9H2,1-3H3,(H,14,19). The van der Waals surface area contributed by atoms with Gasteiger partial charge in [-0.2, -0.15) is 0 Å². The minimum atomic E-state index is 0.0218. The molecule has 0 aromatic carbocycles. The highest BCUT2D eigenvalue weighted by atomic mass is 32.2. The Labute approximate surface area is 129 Å². The second-order valence-electron chi connectivity index (χ2n) is 5.14. The van der Waals surface area contributed by atoms with Gasteiger partial charge in [-0.25, -0.2) is 0 Å². The Balaban J connectivity index is 2.00. The van der Waals surface area contributed by atoms with E-state index in [-0.39, 0.29) is 11.9 Å². The summed E-state index contributed by atoms with van der Waals surface area (Å²) in [5.41, 5.74) is 0. The number of morpholine rings is 1. The van der Waals surface area contributed by atoms with Crippen molar-refractivity contribution >= 4 is 23.6 Å². The maximum absolute atomic E-state index is 11.7. The quantitative estimate of drug-likeness (QED) is 0.782. The summed E-state index contributed by atoms with van der Waals surface area (Å²) >= 11 is 1.43. The fourth-order valence-electron chi connectivity index (χ4n) is 2.16. The molecule has 118 valence electrons. The van der Waals surface area contributed by atoms with E-state index in [2.05, 4.69) is 31.9 Å². The van der Waals surface area contributed by atoms with Crippen molar-refractivity contribution in [3.63, 3.8) is 0 Å². The van der Waals surface area contributed by atoms with Gasteiger partial charge in [0.2, 0.25) is 11.9 Å². The van der Waals surface area contributed by atoms with Gasteiger partial charge in [-0.3, -0.25) is 9.36 Å². The van der Waals surface area contributed by atoms with Crippen LogP contribution in [0.3, 0.4) is 0 Å². The average Bonchev–Trinajstić information content (AvgIpc) is 2.88. The minimum absolute atomic E-state index is 0.0218. The number of carbonyl (C=O) groups is 1. The third-order valence-corrected chi connectivity index (χ3v) is 4.06. The summed E-state index contributed by atoms with van der Waals surface area (Å²) < 4.78 is 7.41. The van der Waals surface area contributed by atoms with E-state index in [1.54, 1.807) is 0 Å². The van der Waals surface area contributed by atoms with Gasteiger partial charge in [0.1, 0.15) is 0 Å². The molecule has 0 bridgehead atoms. The molecule has 0 atom stereocenters. The maximum atomic E-state index is 11.7. The molecule has 1 aliphatic rings. The van der Waals surface area contributed by atoms with E-state index in [0.717, 1.165) is 44.0 Å². The van der Waals surface area contributed by atoms with Crippen LogP contribution in [0.2, 0.25) is 0 Å². The topological polar surface area (TPSA) is 72.3 Å². The largest absolute Gasteiger partial charge is 0.378 e. The molecule has 8 heteroatoms. The van der Waals surface area contributed by atoms with Gasteiger partial charge in [0.05, 0.1) is 19.0 Å². The van der Waals surface area contributed by atoms with Crippen LogP contribution in [-0.4, -0.2) is 58.8 Å². The van der Waals surface area contributed by atoms with Gasteiger partial charge in [-0.15, -0.1) is 10.2 Å². The Morgan fingerprint density at radius 2 is 2.10 bits per heavy atom. The number of nitrogens with one attached hydrogen (secondary N) is 1. The van der Waals surface area contributed by atoms with E-state index in [1.165, 1.54) is 11.8 Å². The number of carbonyl (C=O) groups excluding carboxylic acids is 1. The van der Waals surface area contributed by atoms with Crippen molar-refractivity contribution in [3.05, 3.63) is 0 Å². The summed E-state index contributed by atoms with van der Waals surface area (Å²) in [7, 11) is 0. The highest BCUT2D eigenvalue weighted by Gasteiger charge is 2.20. The number of aromatic nitrogens is 3. The third-order valence-electron chi connectivity index (χ3n) is 3.09. The number of anilines is 1. The molecule has 0 aliphatic carbocycles. The molecule has 1 aliphatic heterocycles. The number of ether oxygens (including phenoxy) is 1. The minimum Gasteiger partial charge on any atom is -0.378 e. The predicted octanol–water partition coefficient (Wildman–Crippen LogP) is 0.751. The zero-order valence-corrected chi connectivity index (χ0v) is 13.7. The van der Waals surface area contributed by atoms with Crippen LogP contribution in [0.1, 0.15) is 20.8 Å². The summed E-state index contributed by atoms with van der Waals surface area (Å²) in [4.78, 5) is 13.9. The fraction of sp³-hybridized carbons (Fsp3) is 0.769. The first-order chi connectivity index (χ1) is 10.1. The van der Waals surface area contributed by atoms with Crippen molar-refractivity contribution in [1.82, 2.24) is 20.1 Å². The molecule has 0 radical (unpaired) electrons. The van der Waals surface area contributed by atoms with Crippen LogP contribution in [-0.2, 0) is 16.1 Å². The van der Waals surface area contributed by atoms with E-state index < -0.39 is 0 Å². The molecule has 2 heterocycles. The van der Waals surface area contributed by atoms with Gasteiger partial charge in [-0.05, 0) is 20.8 Å². The Hall–Kier alpha value is -1.28. The second kappa shape index (κ2) is 7.65. The lowest BCUT2D eigenvalue weighted by molar-refractivity contribution is -0.119. The monoisotopic (exact) mass is 313 g/mol. The zero-order chi connectivity index (χ0) is 15.2. The highest BCUT2D eigenvalue weighted by Crippen LogP contribution is 2.22. The summed E-state index contributed by atoms with van der Waals surface area (Å²) in [5, 5.41) is 12.2. The lowest BCUT2D eigenvalue weighted by Crippen LogP contribution is -2.38. The highest BCUT2D eigenvalue weighted by molar-refractivity contribution is 7.99. The van der Waals surface area contributed by atoms with E-state index >= 15 is 0 Å². The molecular weight excluding hydrogens is 290 g/mol. The van der Waals surface area contributed by atoms with Crippen LogP contribution in [0.25, 0.3) is 0 Å². The van der Waals surface area contributed by atoms with Crippen LogP contribution in [0.5, 0.6) is 0 Å². The normalized spacial score (nSPS) is 15.5. The van der Waals surface area contributed by atoms with Crippen molar-refractivity contribution in [2.45, 2.75) is 38.5 Å². The van der Waals surface area contributed by atoms with Gasteiger partial charge in [-0.1, -0.05) is 11.8 Å². The Bertz CT molecular complexity index is 471. The average molecular weight is 313 g/mol.